The predicted octanol–water partition coefficient (Wildman–Crippen LogP) is 4.98. The summed E-state index contributed by atoms with van der Waals surface area (Å²) in [6.45, 7) is 0. The van der Waals surface area contributed by atoms with Gasteiger partial charge < -0.3 is 9.30 Å². The third-order valence-corrected chi connectivity index (χ3v) is 4.03. The zero-order valence-corrected chi connectivity index (χ0v) is 12.9. The van der Waals surface area contributed by atoms with Gasteiger partial charge in [-0.05, 0) is 12.1 Å². The number of aromatic nitrogens is 2. The molecule has 2 heterocycles. The van der Waals surface area contributed by atoms with Gasteiger partial charge in [0.2, 0.25) is 0 Å². The molecule has 0 bridgehead atoms. The first-order valence-electron chi connectivity index (χ1n) is 7.66. The first-order chi connectivity index (χ1) is 12.0. The lowest BCUT2D eigenvalue weighted by molar-refractivity contribution is -0.137. The average molecular weight is 342 g/mol. The van der Waals surface area contributed by atoms with Crippen LogP contribution in [0.5, 0.6) is 0 Å². The Balaban J connectivity index is 1.72. The first-order valence-corrected chi connectivity index (χ1v) is 7.66. The zero-order chi connectivity index (χ0) is 17.4. The van der Waals surface area contributed by atoms with E-state index < -0.39 is 17.8 Å². The van der Waals surface area contributed by atoms with Crippen LogP contribution in [0.3, 0.4) is 0 Å². The maximum Gasteiger partial charge on any atom is 0.416 e. The van der Waals surface area contributed by atoms with Gasteiger partial charge in [0, 0.05) is 23.5 Å². The summed E-state index contributed by atoms with van der Waals surface area (Å²) in [7, 11) is 0. The van der Waals surface area contributed by atoms with Crippen molar-refractivity contribution in [3.05, 3.63) is 89.5 Å². The van der Waals surface area contributed by atoms with Gasteiger partial charge in [-0.2, -0.15) is 13.2 Å². The van der Waals surface area contributed by atoms with Gasteiger partial charge >= 0.3 is 6.18 Å². The monoisotopic (exact) mass is 342 g/mol. The number of benzene rings is 2. The normalized spacial score (nSPS) is 16.8. The summed E-state index contributed by atoms with van der Waals surface area (Å²) in [5.74, 6) is 1.22. The van der Waals surface area contributed by atoms with E-state index in [0.717, 1.165) is 23.5 Å². The van der Waals surface area contributed by atoms with Gasteiger partial charge in [-0.15, -0.1) is 0 Å². The standard InChI is InChI=1S/C19H13F3N2O/c20-19(21,22)15-8-6-13(7-9-15)16-12-24-11-10-23-18(24)17(25-16)14-4-2-1-3-5-14/h1-12,17H. The minimum Gasteiger partial charge on any atom is -0.476 e. The molecule has 1 aliphatic heterocycles. The molecular weight excluding hydrogens is 329 g/mol. The van der Waals surface area contributed by atoms with Crippen LogP contribution < -0.4 is 0 Å². The van der Waals surface area contributed by atoms with Gasteiger partial charge in [-0.1, -0.05) is 42.5 Å². The van der Waals surface area contributed by atoms with E-state index in [1.807, 2.05) is 34.9 Å². The van der Waals surface area contributed by atoms with E-state index in [2.05, 4.69) is 4.98 Å². The number of hydrogen-bond donors (Lipinski definition) is 0. The maximum absolute atomic E-state index is 12.7. The van der Waals surface area contributed by atoms with Crippen LogP contribution in [0, 0.1) is 0 Å². The minimum atomic E-state index is -4.36. The Morgan fingerprint density at radius 1 is 0.960 bits per heavy atom. The lowest BCUT2D eigenvalue weighted by Gasteiger charge is -2.26. The lowest BCUT2D eigenvalue weighted by Crippen LogP contribution is -2.15. The summed E-state index contributed by atoms with van der Waals surface area (Å²) >= 11 is 0. The van der Waals surface area contributed by atoms with Crippen molar-refractivity contribution in [1.29, 1.82) is 0 Å². The van der Waals surface area contributed by atoms with E-state index in [-0.39, 0.29) is 0 Å². The topological polar surface area (TPSA) is 27.1 Å². The van der Waals surface area contributed by atoms with E-state index in [1.54, 1.807) is 18.6 Å². The molecule has 3 nitrogen and oxygen atoms in total. The van der Waals surface area contributed by atoms with Crippen molar-refractivity contribution in [2.24, 2.45) is 0 Å². The molecule has 0 saturated heterocycles. The first kappa shape index (κ1) is 15.5. The van der Waals surface area contributed by atoms with Crippen molar-refractivity contribution >= 4 is 12.0 Å². The summed E-state index contributed by atoms with van der Waals surface area (Å²) in [5, 5.41) is 0. The van der Waals surface area contributed by atoms with Crippen LogP contribution in [-0.4, -0.2) is 9.55 Å². The van der Waals surface area contributed by atoms with Crippen LogP contribution in [0.4, 0.5) is 13.2 Å². The molecule has 2 aromatic carbocycles. The van der Waals surface area contributed by atoms with Crippen LogP contribution in [0.1, 0.15) is 28.6 Å². The molecular formula is C19H13F3N2O. The minimum absolute atomic E-state index is 0.418. The van der Waals surface area contributed by atoms with Crippen molar-refractivity contribution < 1.29 is 17.9 Å². The van der Waals surface area contributed by atoms with Crippen molar-refractivity contribution in [2.45, 2.75) is 12.3 Å². The smallest absolute Gasteiger partial charge is 0.416 e. The Morgan fingerprint density at radius 3 is 2.36 bits per heavy atom. The zero-order valence-electron chi connectivity index (χ0n) is 12.9. The number of rotatable bonds is 2. The lowest BCUT2D eigenvalue weighted by atomic mass is 10.1. The predicted molar refractivity (Wildman–Crippen MR) is 87.2 cm³/mol. The van der Waals surface area contributed by atoms with Gasteiger partial charge in [0.1, 0.15) is 5.76 Å². The number of alkyl halides is 3. The molecule has 0 amide bonds. The Hall–Kier alpha value is -3.02. The highest BCUT2D eigenvalue weighted by atomic mass is 19.4. The molecule has 0 fully saturated rings. The number of imidazole rings is 1. The second-order valence-electron chi connectivity index (χ2n) is 5.67. The van der Waals surface area contributed by atoms with Crippen molar-refractivity contribution in [3.8, 4) is 0 Å². The van der Waals surface area contributed by atoms with Gasteiger partial charge in [0.25, 0.3) is 0 Å². The molecule has 0 N–H and O–H groups in total. The molecule has 1 unspecified atom stereocenters. The Morgan fingerprint density at radius 2 is 1.68 bits per heavy atom. The fourth-order valence-corrected chi connectivity index (χ4v) is 2.78. The molecule has 0 saturated carbocycles. The Kier molecular flexibility index (Phi) is 3.60. The molecule has 0 aliphatic carbocycles. The molecule has 6 heteroatoms. The van der Waals surface area contributed by atoms with Crippen LogP contribution in [-0.2, 0) is 10.9 Å². The third-order valence-electron chi connectivity index (χ3n) is 4.03. The van der Waals surface area contributed by atoms with Crippen LogP contribution in [0.15, 0.2) is 67.0 Å². The fraction of sp³-hybridized carbons (Fsp3) is 0.105. The molecule has 1 aromatic heterocycles. The molecule has 1 atom stereocenters. The van der Waals surface area contributed by atoms with Crippen molar-refractivity contribution in [1.82, 2.24) is 9.55 Å². The number of ether oxygens (including phenoxy) is 1. The molecule has 126 valence electrons. The molecule has 3 aromatic rings. The van der Waals surface area contributed by atoms with Crippen molar-refractivity contribution in [3.63, 3.8) is 0 Å². The van der Waals surface area contributed by atoms with Gasteiger partial charge in [0.05, 0.1) is 11.8 Å². The Labute approximate surface area is 142 Å². The van der Waals surface area contributed by atoms with E-state index >= 15 is 0 Å². The van der Waals surface area contributed by atoms with Gasteiger partial charge in [-0.3, -0.25) is 0 Å². The highest BCUT2D eigenvalue weighted by Gasteiger charge is 2.31. The quantitative estimate of drug-likeness (QED) is 0.657. The summed E-state index contributed by atoms with van der Waals surface area (Å²) < 4.78 is 46.1. The molecule has 0 spiro atoms. The second kappa shape index (κ2) is 5.81. The molecule has 0 radical (unpaired) electrons. The summed E-state index contributed by atoms with van der Waals surface area (Å²) in [4.78, 5) is 4.33. The highest BCUT2D eigenvalue weighted by molar-refractivity contribution is 5.72. The van der Waals surface area contributed by atoms with E-state index in [9.17, 15) is 13.2 Å². The van der Waals surface area contributed by atoms with Crippen molar-refractivity contribution in [2.75, 3.05) is 0 Å². The van der Waals surface area contributed by atoms with Gasteiger partial charge in [-0.25, -0.2) is 4.98 Å². The average Bonchev–Trinajstić information content (AvgIpc) is 3.09. The van der Waals surface area contributed by atoms with E-state index in [0.29, 0.717) is 11.3 Å². The summed E-state index contributed by atoms with van der Waals surface area (Å²) in [6, 6.07) is 14.5. The third kappa shape index (κ3) is 2.91. The number of fused-ring (bicyclic) bond motifs is 1. The largest absolute Gasteiger partial charge is 0.476 e. The van der Waals surface area contributed by atoms with Crippen LogP contribution in [0.2, 0.25) is 0 Å². The second-order valence-corrected chi connectivity index (χ2v) is 5.67. The maximum atomic E-state index is 12.7. The van der Waals surface area contributed by atoms with E-state index in [1.165, 1.54) is 12.1 Å². The number of hydrogen-bond acceptors (Lipinski definition) is 2. The van der Waals surface area contributed by atoms with Crippen LogP contribution in [0.25, 0.3) is 12.0 Å². The number of nitrogens with zero attached hydrogens (tertiary/aromatic N) is 2. The highest BCUT2D eigenvalue weighted by Crippen LogP contribution is 2.36. The van der Waals surface area contributed by atoms with E-state index in [4.69, 9.17) is 4.74 Å². The fourth-order valence-electron chi connectivity index (χ4n) is 2.78. The molecule has 1 aliphatic rings. The Bertz CT molecular complexity index is 912. The molecule has 25 heavy (non-hydrogen) atoms. The van der Waals surface area contributed by atoms with Crippen LogP contribution >= 0.6 is 0 Å². The summed E-state index contributed by atoms with van der Waals surface area (Å²) in [5.41, 5.74) is 0.816. The SMILES string of the molecule is FC(F)(F)c1ccc(C2=Cn3ccnc3C(c3ccccc3)O2)cc1. The summed E-state index contributed by atoms with van der Waals surface area (Å²) in [6.07, 6.45) is 0.409. The molecule has 4 rings (SSSR count). The van der Waals surface area contributed by atoms with Gasteiger partial charge in [0.15, 0.2) is 11.9 Å². The number of halogens is 3.